The molecular weight excluding hydrogens is 394 g/mol. The number of hydrogen-bond acceptors (Lipinski definition) is 8. The van der Waals surface area contributed by atoms with Crippen molar-refractivity contribution in [3.8, 4) is 0 Å². The van der Waals surface area contributed by atoms with Crippen molar-refractivity contribution < 1.29 is 4.79 Å². The zero-order chi connectivity index (χ0) is 20.7. The van der Waals surface area contributed by atoms with Crippen LogP contribution in [0.1, 0.15) is 21.2 Å². The molecule has 0 saturated heterocycles. The molecule has 0 radical (unpaired) electrons. The first kappa shape index (κ1) is 18.6. The Morgan fingerprint density at radius 2 is 2.21 bits per heavy atom. The number of thiazole rings is 1. The van der Waals surface area contributed by atoms with Crippen LogP contribution in [0.25, 0.3) is 21.3 Å². The molecule has 6 N–H and O–H groups in total. The average Bonchev–Trinajstić information content (AvgIpc) is 3.34. The number of carbonyl (C=O) groups is 1. The fraction of sp³-hybridized carbons (Fsp3) is 0.176. The fourth-order valence-electron chi connectivity index (χ4n) is 3.17. The Balaban J connectivity index is 1.79. The second kappa shape index (κ2) is 6.98. The van der Waals surface area contributed by atoms with Crippen LogP contribution in [-0.4, -0.2) is 41.4 Å². The molecule has 12 heteroatoms. The van der Waals surface area contributed by atoms with Gasteiger partial charge in [0.2, 0.25) is 0 Å². The second-order valence-corrected chi connectivity index (χ2v) is 7.45. The molecule has 29 heavy (non-hydrogen) atoms. The Morgan fingerprint density at radius 3 is 2.93 bits per heavy atom. The lowest BCUT2D eigenvalue weighted by Gasteiger charge is -2.05. The number of primary amides is 1. The summed E-state index contributed by atoms with van der Waals surface area (Å²) in [6.45, 7) is 0.0372. The minimum atomic E-state index is -0.678. The molecule has 4 heterocycles. The zero-order valence-corrected chi connectivity index (χ0v) is 16.2. The lowest BCUT2D eigenvalue weighted by atomic mass is 10.3. The van der Waals surface area contributed by atoms with Gasteiger partial charge in [-0.25, -0.2) is 14.6 Å². The number of carbonyl (C=O) groups excluding carboxylic acids is 1. The highest BCUT2D eigenvalue weighted by Crippen LogP contribution is 2.31. The minimum absolute atomic E-state index is 0.0372. The SMILES string of the molecule is Cn1c2nc(CC(N)=CC=N)sc2c2cnn(Cc3[nH]cnc3C(N)=O)c(=O)c21. The second-order valence-electron chi connectivity index (χ2n) is 6.37. The molecule has 4 aromatic rings. The van der Waals surface area contributed by atoms with Crippen LogP contribution in [0.3, 0.4) is 0 Å². The van der Waals surface area contributed by atoms with E-state index in [2.05, 4.69) is 20.1 Å². The Kier molecular flexibility index (Phi) is 4.47. The normalized spacial score (nSPS) is 12.1. The average molecular weight is 411 g/mol. The van der Waals surface area contributed by atoms with Gasteiger partial charge in [-0.05, 0) is 6.08 Å². The van der Waals surface area contributed by atoms with Crippen LogP contribution in [0.2, 0.25) is 0 Å². The lowest BCUT2D eigenvalue weighted by molar-refractivity contribution is 0.0995. The van der Waals surface area contributed by atoms with E-state index >= 15 is 0 Å². The Hall–Kier alpha value is -3.80. The van der Waals surface area contributed by atoms with Gasteiger partial charge in [-0.15, -0.1) is 11.3 Å². The van der Waals surface area contributed by atoms with E-state index in [1.807, 2.05) is 0 Å². The lowest BCUT2D eigenvalue weighted by Crippen LogP contribution is -2.26. The summed E-state index contributed by atoms with van der Waals surface area (Å²) in [5.74, 6) is -0.678. The smallest absolute Gasteiger partial charge is 0.291 e. The predicted molar refractivity (Wildman–Crippen MR) is 109 cm³/mol. The van der Waals surface area contributed by atoms with Crippen molar-refractivity contribution in [2.75, 3.05) is 0 Å². The van der Waals surface area contributed by atoms with Gasteiger partial charge >= 0.3 is 0 Å². The highest BCUT2D eigenvalue weighted by molar-refractivity contribution is 7.19. The third kappa shape index (κ3) is 3.08. The highest BCUT2D eigenvalue weighted by Gasteiger charge is 2.19. The number of nitrogens with one attached hydrogen (secondary N) is 2. The number of hydrogen-bond donors (Lipinski definition) is 4. The van der Waals surface area contributed by atoms with Crippen LogP contribution >= 0.6 is 11.3 Å². The van der Waals surface area contributed by atoms with Crippen LogP contribution < -0.4 is 17.0 Å². The molecule has 4 aromatic heterocycles. The van der Waals surface area contributed by atoms with Crippen molar-refractivity contribution in [2.24, 2.45) is 18.5 Å². The number of aryl methyl sites for hydroxylation is 1. The Bertz CT molecular complexity index is 1350. The van der Waals surface area contributed by atoms with Crippen LogP contribution in [0.15, 0.2) is 29.1 Å². The Morgan fingerprint density at radius 1 is 1.41 bits per heavy atom. The summed E-state index contributed by atoms with van der Waals surface area (Å²) in [5.41, 5.74) is 13.0. The molecule has 0 atom stereocenters. The molecule has 0 aromatic carbocycles. The Labute approximate surface area is 167 Å². The van der Waals surface area contributed by atoms with Crippen molar-refractivity contribution in [2.45, 2.75) is 13.0 Å². The maximum atomic E-state index is 13.0. The summed E-state index contributed by atoms with van der Waals surface area (Å²) in [6, 6.07) is 0. The summed E-state index contributed by atoms with van der Waals surface area (Å²) in [5, 5.41) is 12.8. The van der Waals surface area contributed by atoms with Crippen molar-refractivity contribution in [3.63, 3.8) is 0 Å². The van der Waals surface area contributed by atoms with Crippen LogP contribution in [0.4, 0.5) is 0 Å². The first-order chi connectivity index (χ1) is 13.9. The first-order valence-electron chi connectivity index (χ1n) is 8.51. The number of nitrogens with zero attached hydrogens (tertiary/aromatic N) is 5. The molecule has 1 amide bonds. The van der Waals surface area contributed by atoms with E-state index in [-0.39, 0.29) is 17.8 Å². The van der Waals surface area contributed by atoms with Gasteiger partial charge in [0.1, 0.15) is 10.5 Å². The molecule has 11 nitrogen and oxygen atoms in total. The van der Waals surface area contributed by atoms with Gasteiger partial charge in [-0.1, -0.05) is 0 Å². The van der Waals surface area contributed by atoms with Crippen molar-refractivity contribution in [1.82, 2.24) is 29.3 Å². The van der Waals surface area contributed by atoms with Gasteiger partial charge in [-0.2, -0.15) is 5.10 Å². The number of rotatable bonds is 6. The number of aromatic amines is 1. The number of H-pyrrole nitrogens is 1. The van der Waals surface area contributed by atoms with Gasteiger partial charge in [-0.3, -0.25) is 9.59 Å². The third-order valence-electron chi connectivity index (χ3n) is 4.48. The van der Waals surface area contributed by atoms with E-state index in [9.17, 15) is 9.59 Å². The number of fused-ring (bicyclic) bond motifs is 3. The van der Waals surface area contributed by atoms with E-state index in [1.54, 1.807) is 17.8 Å². The first-order valence-corrected chi connectivity index (χ1v) is 9.33. The summed E-state index contributed by atoms with van der Waals surface area (Å²) < 4.78 is 3.82. The van der Waals surface area contributed by atoms with Gasteiger partial charge in [0.15, 0.2) is 11.3 Å². The molecule has 0 aliphatic carbocycles. The number of imidazole rings is 1. The summed E-state index contributed by atoms with van der Waals surface area (Å²) in [6.07, 6.45) is 6.03. The molecule has 0 aliphatic heterocycles. The zero-order valence-electron chi connectivity index (χ0n) is 15.3. The molecule has 0 fully saturated rings. The maximum absolute atomic E-state index is 13.0. The van der Waals surface area contributed by atoms with Gasteiger partial charge in [0.05, 0.1) is 29.5 Å². The molecule has 0 aliphatic rings. The number of amides is 1. The highest BCUT2D eigenvalue weighted by atomic mass is 32.1. The maximum Gasteiger partial charge on any atom is 0.291 e. The van der Waals surface area contributed by atoms with Crippen LogP contribution in [0.5, 0.6) is 0 Å². The third-order valence-corrected chi connectivity index (χ3v) is 5.56. The van der Waals surface area contributed by atoms with E-state index in [1.165, 1.54) is 28.4 Å². The minimum Gasteiger partial charge on any atom is -0.402 e. The van der Waals surface area contributed by atoms with Crippen LogP contribution in [0, 0.1) is 5.41 Å². The van der Waals surface area contributed by atoms with Gasteiger partial charge < -0.3 is 26.4 Å². The topological polar surface area (TPSA) is 174 Å². The van der Waals surface area contributed by atoms with Crippen molar-refractivity contribution in [3.05, 3.63) is 51.0 Å². The van der Waals surface area contributed by atoms with E-state index < -0.39 is 5.91 Å². The molecule has 148 valence electrons. The predicted octanol–water partition coefficient (Wildman–Crippen LogP) is 0.250. The molecule has 0 saturated carbocycles. The standard InChI is InChI=1S/C17H17N9O2S/c1-25-13-9(14-16(25)24-11(29-14)4-8(19)2-3-18)5-23-26(17(13)28)6-10-12(15(20)27)22-7-21-10/h2-3,5,7,18H,4,6,19H2,1H3,(H2,20,27)(H,21,22). The number of aromatic nitrogens is 6. The van der Waals surface area contributed by atoms with E-state index in [0.29, 0.717) is 34.4 Å². The molecular formula is C17H17N9O2S. The van der Waals surface area contributed by atoms with Crippen molar-refractivity contribution in [1.29, 1.82) is 5.41 Å². The van der Waals surface area contributed by atoms with Gasteiger partial charge in [0.25, 0.3) is 11.5 Å². The van der Waals surface area contributed by atoms with E-state index in [0.717, 1.165) is 15.9 Å². The molecule has 0 unspecified atom stereocenters. The molecule has 0 spiro atoms. The largest absolute Gasteiger partial charge is 0.402 e. The molecule has 0 bridgehead atoms. The van der Waals surface area contributed by atoms with Crippen LogP contribution in [-0.2, 0) is 20.0 Å². The monoisotopic (exact) mass is 411 g/mol. The summed E-state index contributed by atoms with van der Waals surface area (Å²) in [4.78, 5) is 35.8. The fourth-order valence-corrected chi connectivity index (χ4v) is 4.30. The van der Waals surface area contributed by atoms with Crippen molar-refractivity contribution >= 4 is 44.7 Å². The summed E-state index contributed by atoms with van der Waals surface area (Å²) >= 11 is 1.43. The summed E-state index contributed by atoms with van der Waals surface area (Å²) in [7, 11) is 1.77. The number of allylic oxidation sites excluding steroid dienone is 2. The quantitative estimate of drug-likeness (QED) is 0.331. The van der Waals surface area contributed by atoms with Gasteiger partial charge in [0, 0.05) is 30.8 Å². The number of nitrogens with two attached hydrogens (primary N) is 2. The molecule has 4 rings (SSSR count). The van der Waals surface area contributed by atoms with E-state index in [4.69, 9.17) is 16.9 Å².